The summed E-state index contributed by atoms with van der Waals surface area (Å²) in [4.78, 5) is 32.1. The quantitative estimate of drug-likeness (QED) is 0.115. The van der Waals surface area contributed by atoms with E-state index in [0.717, 1.165) is 59.1 Å². The topological polar surface area (TPSA) is 52.6 Å². The molecule has 0 unspecified atom stereocenters. The number of carbonyl (C=O) groups is 2. The fourth-order valence-corrected chi connectivity index (χ4v) is 20.7. The molecule has 4 nitrogen and oxygen atoms in total. The summed E-state index contributed by atoms with van der Waals surface area (Å²) in [6.07, 6.45) is 0. The minimum atomic E-state index is -4.52. The number of aryl methyl sites for hydroxylation is 3. The summed E-state index contributed by atoms with van der Waals surface area (Å²) >= 11 is 0. The Morgan fingerprint density at radius 1 is 0.277 bits per heavy atom. The third-order valence-electron chi connectivity index (χ3n) is 12.7. The van der Waals surface area contributed by atoms with Crippen LogP contribution in [-0.2, 0) is 9.05 Å². The van der Waals surface area contributed by atoms with E-state index in [4.69, 9.17) is 9.05 Å². The Morgan fingerprint density at radius 2 is 0.508 bits per heavy atom. The van der Waals surface area contributed by atoms with Crippen LogP contribution in [0.15, 0.2) is 249 Å². The van der Waals surface area contributed by atoms with Gasteiger partial charge in [-0.1, -0.05) is 0 Å². The second-order valence-electron chi connectivity index (χ2n) is 16.6. The van der Waals surface area contributed by atoms with Gasteiger partial charge in [-0.3, -0.25) is 0 Å². The summed E-state index contributed by atoms with van der Waals surface area (Å²) in [6, 6.07) is 82.4. The molecule has 0 aliphatic carbocycles. The fraction of sp³-hybridized carbons (Fsp3) is 0.0508. The SMILES string of the molecule is Cc1ccc(P(OC(=O)c2ccc(C)cc2C(=O)OP(c2ccccc2)(c2ccccc2)(c2ccccc2)c2ccc(C)cc2)(c2ccccc2)(c2ccccc2)c2ccccc2)cc1. The van der Waals surface area contributed by atoms with Gasteiger partial charge in [0.05, 0.1) is 0 Å². The Hall–Kier alpha value is -7.22. The van der Waals surface area contributed by atoms with Crippen molar-refractivity contribution >= 4 is 68.0 Å². The predicted molar refractivity (Wildman–Crippen MR) is 274 cm³/mol. The van der Waals surface area contributed by atoms with Crippen LogP contribution in [0.5, 0.6) is 0 Å². The second kappa shape index (κ2) is 17.4. The molecular formula is C59H50O4P2. The Labute approximate surface area is 382 Å². The molecule has 0 fully saturated rings. The molecule has 0 aliphatic rings. The van der Waals surface area contributed by atoms with Gasteiger partial charge in [0.25, 0.3) is 0 Å². The van der Waals surface area contributed by atoms with Gasteiger partial charge in [0, 0.05) is 0 Å². The summed E-state index contributed by atoms with van der Waals surface area (Å²) in [5.74, 6) is -1.30. The molecule has 0 radical (unpaired) electrons. The summed E-state index contributed by atoms with van der Waals surface area (Å²) in [5, 5.41) is 6.72. The summed E-state index contributed by atoms with van der Waals surface area (Å²) in [6.45, 7) is -3.01. The van der Waals surface area contributed by atoms with Crippen LogP contribution >= 0.6 is 13.7 Å². The molecule has 0 bridgehead atoms. The van der Waals surface area contributed by atoms with Crippen molar-refractivity contribution in [2.45, 2.75) is 20.8 Å². The van der Waals surface area contributed by atoms with Crippen LogP contribution in [0, 0.1) is 20.8 Å². The molecule has 0 N–H and O–H groups in total. The van der Waals surface area contributed by atoms with Crippen LogP contribution < -0.4 is 42.4 Å². The number of rotatable bonds is 12. The van der Waals surface area contributed by atoms with Gasteiger partial charge in [-0.25, -0.2) is 0 Å². The van der Waals surface area contributed by atoms with Gasteiger partial charge in [-0.05, 0) is 0 Å². The van der Waals surface area contributed by atoms with Gasteiger partial charge in [-0.2, -0.15) is 0 Å². The molecule has 0 atom stereocenters. The van der Waals surface area contributed by atoms with E-state index in [1.807, 2.05) is 122 Å². The van der Waals surface area contributed by atoms with Crippen molar-refractivity contribution in [1.82, 2.24) is 0 Å². The summed E-state index contributed by atoms with van der Waals surface area (Å²) < 4.78 is 15.3. The monoisotopic (exact) mass is 884 g/mol. The van der Waals surface area contributed by atoms with Crippen LogP contribution in [0.2, 0.25) is 0 Å². The van der Waals surface area contributed by atoms with Crippen molar-refractivity contribution in [1.29, 1.82) is 0 Å². The molecule has 0 aliphatic heterocycles. The van der Waals surface area contributed by atoms with Gasteiger partial charge in [0.2, 0.25) is 0 Å². The Balaban J connectivity index is 1.33. The molecule has 65 heavy (non-hydrogen) atoms. The second-order valence-corrected chi connectivity index (χ2v) is 25.2. The van der Waals surface area contributed by atoms with Crippen LogP contribution in [0.3, 0.4) is 0 Å². The first-order chi connectivity index (χ1) is 31.7. The number of carbonyl (C=O) groups excluding carboxylic acids is 2. The molecule has 0 amide bonds. The van der Waals surface area contributed by atoms with Crippen LogP contribution in [0.25, 0.3) is 0 Å². The van der Waals surface area contributed by atoms with E-state index >= 15 is 9.59 Å². The average molecular weight is 885 g/mol. The first kappa shape index (κ1) is 43.1. The van der Waals surface area contributed by atoms with Crippen LogP contribution in [-0.4, -0.2) is 11.9 Å². The molecule has 0 aromatic heterocycles. The molecule has 9 rings (SSSR count). The molecule has 320 valence electrons. The zero-order chi connectivity index (χ0) is 45.0. The van der Waals surface area contributed by atoms with Crippen molar-refractivity contribution < 1.29 is 18.6 Å². The Morgan fingerprint density at radius 3 is 0.785 bits per heavy atom. The fourth-order valence-electron chi connectivity index (χ4n) is 9.58. The van der Waals surface area contributed by atoms with E-state index in [1.165, 1.54) is 0 Å². The van der Waals surface area contributed by atoms with Crippen molar-refractivity contribution in [3.05, 3.63) is 277 Å². The van der Waals surface area contributed by atoms with E-state index in [1.54, 1.807) is 12.1 Å². The van der Waals surface area contributed by atoms with Gasteiger partial charge in [0.1, 0.15) is 0 Å². The Kier molecular flexibility index (Phi) is 11.5. The first-order valence-electron chi connectivity index (χ1n) is 21.8. The molecule has 0 heterocycles. The Bertz CT molecular complexity index is 2890. The summed E-state index contributed by atoms with van der Waals surface area (Å²) in [7, 11) is 0. The molecule has 6 heteroatoms. The average Bonchev–Trinajstić information content (AvgIpc) is 3.37. The maximum atomic E-state index is 16.1. The third-order valence-corrected chi connectivity index (χ3v) is 24.0. The molecule has 0 spiro atoms. The van der Waals surface area contributed by atoms with Crippen molar-refractivity contribution in [2.75, 3.05) is 0 Å². The van der Waals surface area contributed by atoms with Gasteiger partial charge in [-0.15, -0.1) is 0 Å². The maximum absolute atomic E-state index is 16.1. The van der Waals surface area contributed by atoms with Gasteiger partial charge < -0.3 is 0 Å². The molecule has 9 aromatic rings. The molecule has 0 saturated heterocycles. The summed E-state index contributed by atoms with van der Waals surface area (Å²) in [5.41, 5.74) is 3.13. The third kappa shape index (κ3) is 6.84. The van der Waals surface area contributed by atoms with Crippen molar-refractivity contribution in [3.63, 3.8) is 0 Å². The first-order valence-corrected chi connectivity index (χ1v) is 26.1. The van der Waals surface area contributed by atoms with Gasteiger partial charge >= 0.3 is 384 Å². The number of benzene rings is 9. The van der Waals surface area contributed by atoms with E-state index in [2.05, 4.69) is 135 Å². The normalized spacial score (nSPS) is 12.7. The van der Waals surface area contributed by atoms with E-state index in [-0.39, 0.29) is 11.1 Å². The van der Waals surface area contributed by atoms with E-state index < -0.39 is 25.6 Å². The van der Waals surface area contributed by atoms with Crippen molar-refractivity contribution in [3.8, 4) is 0 Å². The zero-order valence-electron chi connectivity index (χ0n) is 36.7. The molecule has 0 saturated carbocycles. The molecule has 9 aromatic carbocycles. The molecular weight excluding hydrogens is 835 g/mol. The van der Waals surface area contributed by atoms with E-state index in [0.29, 0.717) is 0 Å². The standard InChI is InChI=1S/C59H50O4P2/c1-45-34-39-54(40-35-45)64(48-22-10-4-11-23-48,49-24-12-5-13-25-49,50-26-14-6-15-27-50)62-58(60)56-43-38-47(3)44-57(56)59(61)63-65(51-28-16-7-17-29-51,52-30-18-8-19-31-52,53-32-20-9-21-33-53)55-41-36-46(2)37-42-55/h4-44H,1-3H3. The predicted octanol–water partition coefficient (Wildman–Crippen LogP) is 10.5. The van der Waals surface area contributed by atoms with Crippen LogP contribution in [0.1, 0.15) is 37.4 Å². The number of hydrogen-bond donors (Lipinski definition) is 0. The van der Waals surface area contributed by atoms with E-state index in [9.17, 15) is 0 Å². The van der Waals surface area contributed by atoms with Crippen molar-refractivity contribution in [2.24, 2.45) is 0 Å². The van der Waals surface area contributed by atoms with Gasteiger partial charge in [0.15, 0.2) is 0 Å². The number of hydrogen-bond acceptors (Lipinski definition) is 4. The zero-order valence-corrected chi connectivity index (χ0v) is 38.5. The van der Waals surface area contributed by atoms with Crippen LogP contribution in [0.4, 0.5) is 0 Å². The minimum absolute atomic E-state index is 0.0965.